The maximum Gasteiger partial charge on any atom is 0.258 e. The highest BCUT2D eigenvalue weighted by atomic mass is 35.5. The molecule has 2 atom stereocenters. The van der Waals surface area contributed by atoms with Crippen molar-refractivity contribution in [3.63, 3.8) is 0 Å². The van der Waals surface area contributed by atoms with Crippen LogP contribution in [0.25, 0.3) is 0 Å². The summed E-state index contributed by atoms with van der Waals surface area (Å²) >= 11 is 12.4. The van der Waals surface area contributed by atoms with E-state index in [1.807, 2.05) is 24.3 Å². The van der Waals surface area contributed by atoms with Crippen molar-refractivity contribution in [1.29, 1.82) is 0 Å². The Labute approximate surface area is 243 Å². The number of likely N-dealkylation sites (N-methyl/N-ethyl adjacent to an activating group) is 1. The highest BCUT2D eigenvalue weighted by Crippen LogP contribution is 2.51. The SMILES string of the molecule is CN(C)C(=O)[C@](C)(O)c1ccc2c(c1)C(=O)N(Cc1ccc(Cl)cc1)[C@@]2(OCC1(CO)CC1)c1ccc(Cl)cc1. The van der Waals surface area contributed by atoms with Gasteiger partial charge < -0.3 is 19.8 Å². The number of hydrogen-bond acceptors (Lipinski definition) is 5. The second kappa shape index (κ2) is 10.5. The number of aliphatic hydroxyl groups excluding tert-OH is 1. The Morgan fingerprint density at radius 3 is 2.17 bits per heavy atom. The van der Waals surface area contributed by atoms with Crippen LogP contribution in [0.4, 0.5) is 0 Å². The minimum absolute atomic E-state index is 0.0177. The molecule has 3 aromatic carbocycles. The Balaban J connectivity index is 1.70. The van der Waals surface area contributed by atoms with Crippen molar-refractivity contribution in [3.05, 3.63) is 105 Å². The summed E-state index contributed by atoms with van der Waals surface area (Å²) < 4.78 is 6.79. The van der Waals surface area contributed by atoms with Crippen molar-refractivity contribution in [2.24, 2.45) is 5.41 Å². The summed E-state index contributed by atoms with van der Waals surface area (Å²) in [5.74, 6) is -0.821. The van der Waals surface area contributed by atoms with Gasteiger partial charge in [0.25, 0.3) is 11.8 Å². The van der Waals surface area contributed by atoms with Gasteiger partial charge in [0.05, 0.1) is 13.2 Å². The van der Waals surface area contributed by atoms with Gasteiger partial charge in [-0.05, 0) is 61.2 Å². The Bertz CT molecular complexity index is 1440. The maximum absolute atomic E-state index is 14.3. The van der Waals surface area contributed by atoms with E-state index in [1.54, 1.807) is 61.5 Å². The van der Waals surface area contributed by atoms with Crippen LogP contribution in [0.2, 0.25) is 10.0 Å². The summed E-state index contributed by atoms with van der Waals surface area (Å²) in [6, 6.07) is 19.4. The quantitative estimate of drug-likeness (QED) is 0.373. The van der Waals surface area contributed by atoms with Crippen LogP contribution in [0.15, 0.2) is 66.7 Å². The van der Waals surface area contributed by atoms with E-state index < -0.39 is 17.2 Å². The molecule has 0 saturated heterocycles. The first-order valence-electron chi connectivity index (χ1n) is 13.1. The number of rotatable bonds is 9. The molecule has 9 heteroatoms. The van der Waals surface area contributed by atoms with E-state index in [-0.39, 0.29) is 31.1 Å². The summed E-state index contributed by atoms with van der Waals surface area (Å²) in [6.07, 6.45) is 1.65. The van der Waals surface area contributed by atoms with E-state index in [9.17, 15) is 19.8 Å². The molecule has 2 aliphatic rings. The molecule has 5 rings (SSSR count). The molecular weight excluding hydrogens is 551 g/mol. The van der Waals surface area contributed by atoms with Crippen molar-refractivity contribution in [2.45, 2.75) is 37.6 Å². The first-order chi connectivity index (χ1) is 18.9. The first-order valence-corrected chi connectivity index (χ1v) is 13.9. The third kappa shape index (κ3) is 4.91. The molecule has 40 heavy (non-hydrogen) atoms. The molecule has 2 N–H and O–H groups in total. The highest BCUT2D eigenvalue weighted by molar-refractivity contribution is 6.30. The van der Waals surface area contributed by atoms with Crippen LogP contribution >= 0.6 is 23.2 Å². The lowest BCUT2D eigenvalue weighted by Gasteiger charge is -2.40. The topological polar surface area (TPSA) is 90.3 Å². The van der Waals surface area contributed by atoms with Gasteiger partial charge in [-0.1, -0.05) is 59.6 Å². The lowest BCUT2D eigenvalue weighted by molar-refractivity contribution is -0.147. The molecule has 1 saturated carbocycles. The van der Waals surface area contributed by atoms with E-state index in [2.05, 4.69) is 0 Å². The first kappa shape index (κ1) is 28.6. The fourth-order valence-corrected chi connectivity index (χ4v) is 5.53. The normalized spacial score (nSPS) is 20.7. The van der Waals surface area contributed by atoms with Gasteiger partial charge in [-0.25, -0.2) is 0 Å². The Morgan fingerprint density at radius 2 is 1.62 bits per heavy atom. The molecule has 7 nitrogen and oxygen atoms in total. The minimum Gasteiger partial charge on any atom is -0.396 e. The van der Waals surface area contributed by atoms with Crippen LogP contribution in [-0.4, -0.2) is 59.1 Å². The molecule has 2 amide bonds. The molecule has 1 aliphatic heterocycles. The molecule has 0 bridgehead atoms. The fraction of sp³-hybridized carbons (Fsp3) is 0.355. The third-order valence-corrected chi connectivity index (χ3v) is 8.50. The average Bonchev–Trinajstić information content (AvgIpc) is 3.69. The number of aliphatic hydroxyl groups is 2. The Hall–Kier alpha value is -2.94. The van der Waals surface area contributed by atoms with Gasteiger partial charge in [0.15, 0.2) is 11.3 Å². The molecular formula is C31H32Cl2N2O5. The number of carbonyl (C=O) groups excluding carboxylic acids is 2. The summed E-state index contributed by atoms with van der Waals surface area (Å²) in [5.41, 5.74) is -0.828. The van der Waals surface area contributed by atoms with Gasteiger partial charge in [-0.2, -0.15) is 0 Å². The lowest BCUT2D eigenvalue weighted by Crippen LogP contribution is -2.47. The zero-order valence-corrected chi connectivity index (χ0v) is 24.2. The van der Waals surface area contributed by atoms with Crippen molar-refractivity contribution >= 4 is 35.0 Å². The summed E-state index contributed by atoms with van der Waals surface area (Å²) in [5, 5.41) is 22.4. The molecule has 210 valence electrons. The van der Waals surface area contributed by atoms with Gasteiger partial charge in [0.2, 0.25) is 0 Å². The second-order valence-electron chi connectivity index (χ2n) is 11.1. The maximum atomic E-state index is 14.3. The van der Waals surface area contributed by atoms with Gasteiger partial charge >= 0.3 is 0 Å². The number of hydrogen-bond donors (Lipinski definition) is 2. The Morgan fingerprint density at radius 1 is 1.02 bits per heavy atom. The average molecular weight is 584 g/mol. The zero-order chi connectivity index (χ0) is 28.9. The van der Waals surface area contributed by atoms with Gasteiger partial charge in [-0.15, -0.1) is 0 Å². The fourth-order valence-electron chi connectivity index (χ4n) is 5.28. The van der Waals surface area contributed by atoms with Crippen molar-refractivity contribution in [3.8, 4) is 0 Å². The minimum atomic E-state index is -1.85. The summed E-state index contributed by atoms with van der Waals surface area (Å²) in [7, 11) is 3.13. The second-order valence-corrected chi connectivity index (χ2v) is 12.0. The van der Waals surface area contributed by atoms with Crippen LogP contribution in [0.5, 0.6) is 0 Å². The van der Waals surface area contributed by atoms with Crippen LogP contribution in [0.3, 0.4) is 0 Å². The standard InChI is InChI=1S/C31H32Cl2N2O5/c1-29(39,28(38)34(2)3)22-8-13-26-25(16-22)27(37)35(17-20-4-9-23(32)10-5-20)31(26,21-6-11-24(33)12-7-21)40-19-30(18-36)14-15-30/h4-13,16,36,39H,14-15,17-19H2,1-3H3/t29-,31-/m1/s1. The van der Waals surface area contributed by atoms with E-state index in [4.69, 9.17) is 27.9 Å². The number of ether oxygens (including phenoxy) is 1. The van der Waals surface area contributed by atoms with Crippen molar-refractivity contribution < 1.29 is 24.5 Å². The summed E-state index contributed by atoms with van der Waals surface area (Å²) in [4.78, 5) is 30.1. The van der Waals surface area contributed by atoms with E-state index >= 15 is 0 Å². The number of benzene rings is 3. The number of fused-ring (bicyclic) bond motifs is 1. The molecule has 0 spiro atoms. The number of halogens is 2. The predicted molar refractivity (Wildman–Crippen MR) is 153 cm³/mol. The molecule has 3 aromatic rings. The Kier molecular flexibility index (Phi) is 7.48. The molecule has 0 aromatic heterocycles. The van der Waals surface area contributed by atoms with Crippen LogP contribution < -0.4 is 0 Å². The largest absolute Gasteiger partial charge is 0.396 e. The zero-order valence-electron chi connectivity index (χ0n) is 22.7. The van der Waals surface area contributed by atoms with E-state index in [1.165, 1.54) is 11.8 Å². The number of nitrogens with zero attached hydrogens (tertiary/aromatic N) is 2. The van der Waals surface area contributed by atoms with Crippen LogP contribution in [0, 0.1) is 5.41 Å². The highest BCUT2D eigenvalue weighted by Gasteiger charge is 2.55. The predicted octanol–water partition coefficient (Wildman–Crippen LogP) is 4.94. The molecule has 1 aliphatic carbocycles. The molecule has 0 radical (unpaired) electrons. The molecule has 1 fully saturated rings. The monoisotopic (exact) mass is 582 g/mol. The van der Waals surface area contributed by atoms with Crippen molar-refractivity contribution in [2.75, 3.05) is 27.3 Å². The number of carbonyl (C=O) groups is 2. The number of amides is 2. The smallest absolute Gasteiger partial charge is 0.258 e. The van der Waals surface area contributed by atoms with E-state index in [0.29, 0.717) is 32.3 Å². The van der Waals surface area contributed by atoms with Gasteiger partial charge in [-0.3, -0.25) is 14.5 Å². The van der Waals surface area contributed by atoms with E-state index in [0.717, 1.165) is 18.4 Å². The summed E-state index contributed by atoms with van der Waals surface area (Å²) in [6.45, 7) is 1.83. The molecule has 1 heterocycles. The van der Waals surface area contributed by atoms with Gasteiger partial charge in [0.1, 0.15) is 0 Å². The van der Waals surface area contributed by atoms with Gasteiger partial charge in [0, 0.05) is 52.8 Å². The lowest BCUT2D eigenvalue weighted by atomic mass is 9.88. The molecule has 0 unspecified atom stereocenters. The van der Waals surface area contributed by atoms with Crippen LogP contribution in [0.1, 0.15) is 52.4 Å². The van der Waals surface area contributed by atoms with Crippen LogP contribution in [-0.2, 0) is 27.4 Å². The van der Waals surface area contributed by atoms with Crippen molar-refractivity contribution in [1.82, 2.24) is 9.80 Å². The third-order valence-electron chi connectivity index (χ3n) is 7.99.